The number of benzene rings is 1. The third-order valence-corrected chi connectivity index (χ3v) is 3.94. The zero-order valence-corrected chi connectivity index (χ0v) is 12.3. The number of pyridine rings is 1. The van der Waals surface area contributed by atoms with E-state index in [1.54, 1.807) is 13.3 Å². The fraction of sp³-hybridized carbons (Fsp3) is 0.353. The smallest absolute Gasteiger partial charge is 0.217 e. The third-order valence-electron chi connectivity index (χ3n) is 3.94. The summed E-state index contributed by atoms with van der Waals surface area (Å²) in [7, 11) is 1.66. The van der Waals surface area contributed by atoms with E-state index in [0.29, 0.717) is 11.9 Å². The molecule has 1 aromatic carbocycles. The van der Waals surface area contributed by atoms with Gasteiger partial charge in [-0.15, -0.1) is 0 Å². The highest BCUT2D eigenvalue weighted by atomic mass is 16.5. The van der Waals surface area contributed by atoms with Crippen LogP contribution in [0, 0.1) is 0 Å². The molecule has 2 aromatic rings. The van der Waals surface area contributed by atoms with Gasteiger partial charge in [-0.2, -0.15) is 0 Å². The molecule has 0 fully saturated rings. The Morgan fingerprint density at radius 2 is 2.19 bits per heavy atom. The lowest BCUT2D eigenvalue weighted by atomic mass is 9.99. The number of fused-ring (bicyclic) bond motifs is 1. The number of methoxy groups -OCH3 is 1. The summed E-state index contributed by atoms with van der Waals surface area (Å²) >= 11 is 0. The molecule has 110 valence electrons. The normalized spacial score (nSPS) is 17.9. The Kier molecular flexibility index (Phi) is 4.48. The summed E-state index contributed by atoms with van der Waals surface area (Å²) in [6.45, 7) is 2.73. The van der Waals surface area contributed by atoms with Gasteiger partial charge in [0, 0.05) is 30.9 Å². The molecule has 1 unspecified atom stereocenters. The summed E-state index contributed by atoms with van der Waals surface area (Å²) in [6, 6.07) is 13.0. The number of ether oxygens (including phenoxy) is 1. The maximum atomic E-state index is 5.32. The predicted octanol–water partition coefficient (Wildman–Crippen LogP) is 2.41. The fourth-order valence-corrected chi connectivity index (χ4v) is 2.85. The minimum absolute atomic E-state index is 0.362. The van der Waals surface area contributed by atoms with Gasteiger partial charge in [-0.05, 0) is 30.2 Å². The SMILES string of the molecule is COc1ncccc1CNC1CCNCc2ccccc21. The lowest BCUT2D eigenvalue weighted by Crippen LogP contribution is -2.23. The van der Waals surface area contributed by atoms with E-state index in [4.69, 9.17) is 4.74 Å². The Morgan fingerprint density at radius 1 is 1.29 bits per heavy atom. The van der Waals surface area contributed by atoms with Crippen molar-refractivity contribution in [2.24, 2.45) is 0 Å². The van der Waals surface area contributed by atoms with Gasteiger partial charge < -0.3 is 15.4 Å². The van der Waals surface area contributed by atoms with Crippen molar-refractivity contribution >= 4 is 0 Å². The first-order valence-corrected chi connectivity index (χ1v) is 7.38. The summed E-state index contributed by atoms with van der Waals surface area (Å²) in [4.78, 5) is 4.25. The second-order valence-corrected chi connectivity index (χ2v) is 5.27. The first kappa shape index (κ1) is 14.0. The first-order chi connectivity index (χ1) is 10.4. The van der Waals surface area contributed by atoms with Crippen LogP contribution in [0.2, 0.25) is 0 Å². The van der Waals surface area contributed by atoms with E-state index in [-0.39, 0.29) is 0 Å². The van der Waals surface area contributed by atoms with Crippen molar-refractivity contribution in [2.45, 2.75) is 25.6 Å². The van der Waals surface area contributed by atoms with Crippen LogP contribution < -0.4 is 15.4 Å². The maximum absolute atomic E-state index is 5.32. The molecule has 0 spiro atoms. The molecule has 4 nitrogen and oxygen atoms in total. The van der Waals surface area contributed by atoms with Crippen molar-refractivity contribution < 1.29 is 4.74 Å². The quantitative estimate of drug-likeness (QED) is 0.904. The molecule has 0 radical (unpaired) electrons. The van der Waals surface area contributed by atoms with Gasteiger partial charge in [-0.1, -0.05) is 30.3 Å². The number of hydrogen-bond donors (Lipinski definition) is 2. The van der Waals surface area contributed by atoms with Crippen LogP contribution in [-0.2, 0) is 13.1 Å². The van der Waals surface area contributed by atoms with Crippen molar-refractivity contribution in [1.29, 1.82) is 0 Å². The van der Waals surface area contributed by atoms with Gasteiger partial charge in [0.25, 0.3) is 0 Å². The molecule has 0 amide bonds. The van der Waals surface area contributed by atoms with Gasteiger partial charge in [0.15, 0.2) is 0 Å². The van der Waals surface area contributed by atoms with E-state index in [1.807, 2.05) is 6.07 Å². The van der Waals surface area contributed by atoms with Crippen LogP contribution in [0.3, 0.4) is 0 Å². The highest BCUT2D eigenvalue weighted by Gasteiger charge is 2.18. The molecule has 1 atom stereocenters. The summed E-state index contributed by atoms with van der Waals surface area (Å²) in [5.41, 5.74) is 3.87. The standard InChI is InChI=1S/C17H21N3O/c1-21-17-14(6-4-9-19-17)12-20-16-8-10-18-11-13-5-2-3-7-15(13)16/h2-7,9,16,18,20H,8,10-12H2,1H3. The summed E-state index contributed by atoms with van der Waals surface area (Å²) < 4.78 is 5.32. The molecule has 2 N–H and O–H groups in total. The van der Waals surface area contributed by atoms with Crippen LogP contribution >= 0.6 is 0 Å². The predicted molar refractivity (Wildman–Crippen MR) is 83.1 cm³/mol. The average Bonchev–Trinajstić information content (AvgIpc) is 2.75. The lowest BCUT2D eigenvalue weighted by Gasteiger charge is -2.19. The summed E-state index contributed by atoms with van der Waals surface area (Å²) in [5.74, 6) is 0.699. The second-order valence-electron chi connectivity index (χ2n) is 5.27. The van der Waals surface area contributed by atoms with E-state index in [2.05, 4.69) is 45.9 Å². The number of nitrogens with one attached hydrogen (secondary N) is 2. The van der Waals surface area contributed by atoms with E-state index in [9.17, 15) is 0 Å². The number of hydrogen-bond acceptors (Lipinski definition) is 4. The molecule has 1 aliphatic rings. The van der Waals surface area contributed by atoms with E-state index < -0.39 is 0 Å². The monoisotopic (exact) mass is 283 g/mol. The zero-order chi connectivity index (χ0) is 14.5. The molecule has 21 heavy (non-hydrogen) atoms. The molecule has 0 saturated heterocycles. The Balaban J connectivity index is 1.76. The lowest BCUT2D eigenvalue weighted by molar-refractivity contribution is 0.387. The van der Waals surface area contributed by atoms with Gasteiger partial charge in [0.05, 0.1) is 7.11 Å². The van der Waals surface area contributed by atoms with Crippen LogP contribution in [0.15, 0.2) is 42.6 Å². The van der Waals surface area contributed by atoms with Crippen LogP contribution in [0.5, 0.6) is 5.88 Å². The fourth-order valence-electron chi connectivity index (χ4n) is 2.85. The van der Waals surface area contributed by atoms with Crippen LogP contribution in [0.4, 0.5) is 0 Å². The highest BCUT2D eigenvalue weighted by Crippen LogP contribution is 2.24. The van der Waals surface area contributed by atoms with Crippen molar-refractivity contribution in [1.82, 2.24) is 15.6 Å². The summed E-state index contributed by atoms with van der Waals surface area (Å²) in [6.07, 6.45) is 2.84. The van der Waals surface area contributed by atoms with Gasteiger partial charge >= 0.3 is 0 Å². The van der Waals surface area contributed by atoms with Crippen molar-refractivity contribution in [2.75, 3.05) is 13.7 Å². The number of aromatic nitrogens is 1. The number of rotatable bonds is 4. The molecular formula is C17H21N3O. The van der Waals surface area contributed by atoms with Gasteiger partial charge in [-0.3, -0.25) is 0 Å². The first-order valence-electron chi connectivity index (χ1n) is 7.38. The molecular weight excluding hydrogens is 262 g/mol. The average molecular weight is 283 g/mol. The molecule has 0 bridgehead atoms. The maximum Gasteiger partial charge on any atom is 0.217 e. The Morgan fingerprint density at radius 3 is 3.10 bits per heavy atom. The molecule has 2 heterocycles. The van der Waals surface area contributed by atoms with Gasteiger partial charge in [0.1, 0.15) is 0 Å². The van der Waals surface area contributed by atoms with E-state index in [1.165, 1.54) is 11.1 Å². The van der Waals surface area contributed by atoms with Crippen LogP contribution in [0.1, 0.15) is 29.2 Å². The Bertz CT molecular complexity index is 600. The second kappa shape index (κ2) is 6.70. The summed E-state index contributed by atoms with van der Waals surface area (Å²) in [5, 5.41) is 7.13. The minimum atomic E-state index is 0.362. The highest BCUT2D eigenvalue weighted by molar-refractivity contribution is 5.31. The molecule has 1 aliphatic heterocycles. The largest absolute Gasteiger partial charge is 0.481 e. The van der Waals surface area contributed by atoms with Crippen LogP contribution in [-0.4, -0.2) is 18.6 Å². The number of nitrogens with zero attached hydrogens (tertiary/aromatic N) is 1. The van der Waals surface area contributed by atoms with Crippen molar-refractivity contribution in [3.8, 4) is 5.88 Å². The van der Waals surface area contributed by atoms with Crippen LogP contribution in [0.25, 0.3) is 0 Å². The van der Waals surface area contributed by atoms with Crippen molar-refractivity contribution in [3.63, 3.8) is 0 Å². The Labute approximate surface area is 125 Å². The molecule has 0 saturated carbocycles. The molecule has 3 rings (SSSR count). The van der Waals surface area contributed by atoms with E-state index >= 15 is 0 Å². The zero-order valence-electron chi connectivity index (χ0n) is 12.3. The Hall–Kier alpha value is -1.91. The topological polar surface area (TPSA) is 46.2 Å². The molecule has 1 aromatic heterocycles. The minimum Gasteiger partial charge on any atom is -0.481 e. The van der Waals surface area contributed by atoms with Crippen molar-refractivity contribution in [3.05, 3.63) is 59.3 Å². The van der Waals surface area contributed by atoms with Gasteiger partial charge in [0.2, 0.25) is 5.88 Å². The third kappa shape index (κ3) is 3.23. The molecule has 4 heteroatoms. The van der Waals surface area contributed by atoms with Gasteiger partial charge in [-0.25, -0.2) is 4.98 Å². The molecule has 0 aliphatic carbocycles. The van der Waals surface area contributed by atoms with E-state index in [0.717, 1.165) is 31.6 Å².